The first-order chi connectivity index (χ1) is 13.0. The van der Waals surface area contributed by atoms with Crippen LogP contribution in [0, 0.1) is 18.3 Å². The molecule has 3 aromatic rings. The molecule has 2 aromatic carbocycles. The lowest BCUT2D eigenvalue weighted by molar-refractivity contribution is 0.976. The van der Waals surface area contributed by atoms with Crippen LogP contribution in [0.2, 0.25) is 10.0 Å². The van der Waals surface area contributed by atoms with Gasteiger partial charge in [0, 0.05) is 34.0 Å². The molecular formula is C20H17Cl2N5. The smallest absolute Gasteiger partial charge is 0.224 e. The maximum Gasteiger partial charge on any atom is 0.224 e. The van der Waals surface area contributed by atoms with Gasteiger partial charge in [-0.25, -0.2) is 4.98 Å². The van der Waals surface area contributed by atoms with Crippen LogP contribution in [0.4, 0.5) is 17.5 Å². The van der Waals surface area contributed by atoms with Crippen LogP contribution >= 0.6 is 23.2 Å². The van der Waals surface area contributed by atoms with Crippen molar-refractivity contribution in [1.29, 1.82) is 5.26 Å². The number of halogens is 2. The molecule has 0 saturated carbocycles. The lowest BCUT2D eigenvalue weighted by atomic mass is 10.1. The Kier molecular flexibility index (Phi) is 6.12. The van der Waals surface area contributed by atoms with E-state index < -0.39 is 0 Å². The number of nitrogens with zero attached hydrogens (tertiary/aromatic N) is 3. The molecule has 0 bridgehead atoms. The van der Waals surface area contributed by atoms with E-state index >= 15 is 0 Å². The van der Waals surface area contributed by atoms with Gasteiger partial charge in [0.05, 0.1) is 11.6 Å². The van der Waals surface area contributed by atoms with Gasteiger partial charge in [-0.05, 0) is 55.3 Å². The first kappa shape index (κ1) is 19.0. The Morgan fingerprint density at radius 3 is 2.52 bits per heavy atom. The average Bonchev–Trinajstić information content (AvgIpc) is 2.64. The molecular weight excluding hydrogens is 381 g/mol. The van der Waals surface area contributed by atoms with Crippen molar-refractivity contribution in [1.82, 2.24) is 9.97 Å². The highest BCUT2D eigenvalue weighted by Gasteiger charge is 2.05. The second kappa shape index (κ2) is 8.72. The standard InChI is InChI=1S/C20H17Cl2N5/c1-13-10-19(26-17-6-2-14(12-23)3-7-17)27-20(25-13)24-9-8-15-4-5-16(21)11-18(15)22/h2-7,10-11H,8-9H2,1H3,(H2,24,25,26,27). The molecule has 0 radical (unpaired) electrons. The summed E-state index contributed by atoms with van der Waals surface area (Å²) in [6, 6.07) is 16.6. The number of benzene rings is 2. The fourth-order valence-corrected chi connectivity index (χ4v) is 3.02. The normalized spacial score (nSPS) is 10.3. The second-order valence-electron chi connectivity index (χ2n) is 5.94. The molecule has 3 rings (SSSR count). The molecule has 0 spiro atoms. The van der Waals surface area contributed by atoms with Crippen molar-refractivity contribution in [3.63, 3.8) is 0 Å². The van der Waals surface area contributed by atoms with E-state index in [1.165, 1.54) is 0 Å². The van der Waals surface area contributed by atoms with E-state index in [1.807, 2.05) is 37.3 Å². The zero-order valence-corrected chi connectivity index (χ0v) is 16.1. The Morgan fingerprint density at radius 2 is 1.81 bits per heavy atom. The molecule has 0 aliphatic carbocycles. The lowest BCUT2D eigenvalue weighted by Gasteiger charge is -2.10. The molecule has 1 heterocycles. The third kappa shape index (κ3) is 5.33. The second-order valence-corrected chi connectivity index (χ2v) is 6.79. The van der Waals surface area contributed by atoms with E-state index in [1.54, 1.807) is 18.2 Å². The molecule has 136 valence electrons. The summed E-state index contributed by atoms with van der Waals surface area (Å²) in [7, 11) is 0. The molecule has 7 heteroatoms. The van der Waals surface area contributed by atoms with E-state index in [2.05, 4.69) is 26.7 Å². The van der Waals surface area contributed by atoms with E-state index in [-0.39, 0.29) is 0 Å². The van der Waals surface area contributed by atoms with Crippen LogP contribution in [0.15, 0.2) is 48.5 Å². The van der Waals surface area contributed by atoms with Crippen LogP contribution in [0.25, 0.3) is 0 Å². The van der Waals surface area contributed by atoms with Crippen LogP contribution < -0.4 is 10.6 Å². The topological polar surface area (TPSA) is 73.6 Å². The van der Waals surface area contributed by atoms with Crippen molar-refractivity contribution >= 4 is 40.7 Å². The van der Waals surface area contributed by atoms with Crippen LogP contribution in [-0.4, -0.2) is 16.5 Å². The summed E-state index contributed by atoms with van der Waals surface area (Å²) >= 11 is 12.1. The van der Waals surface area contributed by atoms with Crippen LogP contribution in [-0.2, 0) is 6.42 Å². The monoisotopic (exact) mass is 397 g/mol. The first-order valence-corrected chi connectivity index (χ1v) is 9.10. The van der Waals surface area contributed by atoms with Crippen molar-refractivity contribution in [2.75, 3.05) is 17.2 Å². The van der Waals surface area contributed by atoms with Gasteiger partial charge in [0.25, 0.3) is 0 Å². The molecule has 27 heavy (non-hydrogen) atoms. The van der Waals surface area contributed by atoms with Gasteiger partial charge in [-0.15, -0.1) is 0 Å². The minimum absolute atomic E-state index is 0.538. The number of aryl methyl sites for hydroxylation is 1. The SMILES string of the molecule is Cc1cc(Nc2ccc(C#N)cc2)nc(NCCc2ccc(Cl)cc2Cl)n1. The van der Waals surface area contributed by atoms with Gasteiger partial charge >= 0.3 is 0 Å². The van der Waals surface area contributed by atoms with Crippen molar-refractivity contribution < 1.29 is 0 Å². The summed E-state index contributed by atoms with van der Waals surface area (Å²) in [5.41, 5.74) is 3.32. The molecule has 2 N–H and O–H groups in total. The molecule has 0 amide bonds. The molecule has 0 unspecified atom stereocenters. The minimum Gasteiger partial charge on any atom is -0.354 e. The first-order valence-electron chi connectivity index (χ1n) is 8.34. The summed E-state index contributed by atoms with van der Waals surface area (Å²) in [6.45, 7) is 2.55. The zero-order chi connectivity index (χ0) is 19.2. The molecule has 5 nitrogen and oxygen atoms in total. The molecule has 0 atom stereocenters. The molecule has 0 saturated heterocycles. The van der Waals surface area contributed by atoms with Crippen LogP contribution in [0.3, 0.4) is 0 Å². The quantitative estimate of drug-likeness (QED) is 0.585. The highest BCUT2D eigenvalue weighted by molar-refractivity contribution is 6.35. The maximum atomic E-state index is 8.87. The fraction of sp³-hybridized carbons (Fsp3) is 0.150. The molecule has 1 aromatic heterocycles. The van der Waals surface area contributed by atoms with Gasteiger partial charge in [-0.2, -0.15) is 10.2 Å². The van der Waals surface area contributed by atoms with E-state index in [0.717, 1.165) is 23.4 Å². The molecule has 0 aliphatic heterocycles. The predicted molar refractivity (Wildman–Crippen MR) is 110 cm³/mol. The van der Waals surface area contributed by atoms with Crippen molar-refractivity contribution in [3.05, 3.63) is 75.4 Å². The average molecular weight is 398 g/mol. The van der Waals surface area contributed by atoms with Gasteiger partial charge < -0.3 is 10.6 Å². The van der Waals surface area contributed by atoms with Crippen LogP contribution in [0.5, 0.6) is 0 Å². The van der Waals surface area contributed by atoms with E-state index in [4.69, 9.17) is 28.5 Å². The lowest BCUT2D eigenvalue weighted by Crippen LogP contribution is -2.10. The summed E-state index contributed by atoms with van der Waals surface area (Å²) in [6.07, 6.45) is 0.728. The number of hydrogen-bond donors (Lipinski definition) is 2. The Bertz CT molecular complexity index is 981. The third-order valence-corrected chi connectivity index (χ3v) is 4.42. The van der Waals surface area contributed by atoms with Gasteiger partial charge in [0.15, 0.2) is 0 Å². The number of nitrogens with one attached hydrogen (secondary N) is 2. The summed E-state index contributed by atoms with van der Waals surface area (Å²) in [4.78, 5) is 8.90. The Morgan fingerprint density at radius 1 is 1.04 bits per heavy atom. The zero-order valence-electron chi connectivity index (χ0n) is 14.6. The molecule has 0 fully saturated rings. The van der Waals surface area contributed by atoms with Gasteiger partial charge in [0.1, 0.15) is 5.82 Å². The Balaban J connectivity index is 1.65. The van der Waals surface area contributed by atoms with Crippen molar-refractivity contribution in [2.45, 2.75) is 13.3 Å². The summed E-state index contributed by atoms with van der Waals surface area (Å²) < 4.78 is 0. The number of rotatable bonds is 6. The van der Waals surface area contributed by atoms with Gasteiger partial charge in [0.2, 0.25) is 5.95 Å². The number of nitriles is 1. The van der Waals surface area contributed by atoms with Gasteiger partial charge in [-0.1, -0.05) is 29.3 Å². The predicted octanol–water partition coefficient (Wildman–Crippen LogP) is 5.36. The van der Waals surface area contributed by atoms with Crippen molar-refractivity contribution in [2.24, 2.45) is 0 Å². The minimum atomic E-state index is 0.538. The van der Waals surface area contributed by atoms with Crippen molar-refractivity contribution in [3.8, 4) is 6.07 Å². The summed E-state index contributed by atoms with van der Waals surface area (Å²) in [5.74, 6) is 1.22. The number of hydrogen-bond acceptors (Lipinski definition) is 5. The van der Waals surface area contributed by atoms with E-state index in [0.29, 0.717) is 33.9 Å². The molecule has 0 aliphatic rings. The fourth-order valence-electron chi connectivity index (χ4n) is 2.52. The number of aromatic nitrogens is 2. The van der Waals surface area contributed by atoms with E-state index in [9.17, 15) is 0 Å². The Hall–Kier alpha value is -2.81. The Labute approximate surface area is 168 Å². The third-order valence-electron chi connectivity index (χ3n) is 3.83. The summed E-state index contributed by atoms with van der Waals surface area (Å²) in [5, 5.41) is 16.6. The largest absolute Gasteiger partial charge is 0.354 e. The van der Waals surface area contributed by atoms with Gasteiger partial charge in [-0.3, -0.25) is 0 Å². The number of anilines is 3. The highest BCUT2D eigenvalue weighted by atomic mass is 35.5. The maximum absolute atomic E-state index is 8.87. The highest BCUT2D eigenvalue weighted by Crippen LogP contribution is 2.22. The van der Waals surface area contributed by atoms with Crippen LogP contribution in [0.1, 0.15) is 16.8 Å².